The Balaban J connectivity index is 1.36. The Kier molecular flexibility index (Phi) is 6.09. The van der Waals surface area contributed by atoms with Crippen LogP contribution >= 0.6 is 0 Å². The van der Waals surface area contributed by atoms with Crippen LogP contribution in [0, 0.1) is 20.8 Å². The molecule has 0 aliphatic carbocycles. The van der Waals surface area contributed by atoms with E-state index in [4.69, 9.17) is 0 Å². The zero-order chi connectivity index (χ0) is 22.0. The van der Waals surface area contributed by atoms with Gasteiger partial charge in [0.15, 0.2) is 0 Å². The second-order valence-electron chi connectivity index (χ2n) is 8.50. The minimum atomic E-state index is -0.0707. The Bertz CT molecular complexity index is 1000. The lowest BCUT2D eigenvalue weighted by Gasteiger charge is -2.37. The highest BCUT2D eigenvalue weighted by Crippen LogP contribution is 2.20. The summed E-state index contributed by atoms with van der Waals surface area (Å²) in [5, 5.41) is 1.48. The number of carbonyl (C=O) groups excluding carboxylic acids is 2. The molecule has 2 aromatic carbocycles. The molecule has 6 heteroatoms. The minimum absolute atomic E-state index is 0.0456. The summed E-state index contributed by atoms with van der Waals surface area (Å²) in [5.41, 5.74) is 9.32. The van der Waals surface area contributed by atoms with Crippen molar-refractivity contribution in [3.8, 4) is 0 Å². The van der Waals surface area contributed by atoms with Gasteiger partial charge in [0.2, 0.25) is 5.91 Å². The van der Waals surface area contributed by atoms with E-state index in [-0.39, 0.29) is 18.2 Å². The number of rotatable bonds is 4. The number of amides is 2. The van der Waals surface area contributed by atoms with Gasteiger partial charge in [-0.25, -0.2) is 5.01 Å². The molecule has 2 aliphatic rings. The molecule has 31 heavy (non-hydrogen) atoms. The van der Waals surface area contributed by atoms with Crippen LogP contribution in [-0.4, -0.2) is 47.8 Å². The quantitative estimate of drug-likeness (QED) is 0.829. The number of aryl methyl sites for hydroxylation is 3. The van der Waals surface area contributed by atoms with E-state index in [1.807, 2.05) is 36.1 Å². The highest BCUT2D eigenvalue weighted by atomic mass is 16.2. The van der Waals surface area contributed by atoms with E-state index in [1.54, 1.807) is 6.08 Å². The molecule has 2 aliphatic heterocycles. The average Bonchev–Trinajstić information content (AvgIpc) is 2.77. The summed E-state index contributed by atoms with van der Waals surface area (Å²) in [5.74, 6) is -0.116. The van der Waals surface area contributed by atoms with Crippen LogP contribution in [-0.2, 0) is 16.1 Å². The highest BCUT2D eigenvalue weighted by Gasteiger charge is 2.29. The van der Waals surface area contributed by atoms with Crippen LogP contribution < -0.4 is 10.4 Å². The Morgan fingerprint density at radius 2 is 1.61 bits per heavy atom. The number of hydrogen-bond acceptors (Lipinski definition) is 4. The van der Waals surface area contributed by atoms with E-state index in [0.29, 0.717) is 18.8 Å². The van der Waals surface area contributed by atoms with Gasteiger partial charge in [-0.2, -0.15) is 0 Å². The fourth-order valence-electron chi connectivity index (χ4n) is 4.09. The van der Waals surface area contributed by atoms with Gasteiger partial charge >= 0.3 is 0 Å². The molecule has 0 spiro atoms. The molecule has 0 bridgehead atoms. The van der Waals surface area contributed by atoms with Gasteiger partial charge in [-0.15, -0.1) is 0 Å². The summed E-state index contributed by atoms with van der Waals surface area (Å²) in [7, 11) is 0. The number of benzene rings is 2. The lowest BCUT2D eigenvalue weighted by atomic mass is 10.1. The molecule has 1 fully saturated rings. The first-order valence-corrected chi connectivity index (χ1v) is 10.8. The molecule has 0 atom stereocenters. The molecule has 0 radical (unpaired) electrons. The summed E-state index contributed by atoms with van der Waals surface area (Å²) >= 11 is 0. The van der Waals surface area contributed by atoms with Gasteiger partial charge in [0, 0.05) is 39.1 Å². The van der Waals surface area contributed by atoms with Crippen molar-refractivity contribution in [1.82, 2.24) is 15.2 Å². The van der Waals surface area contributed by atoms with Crippen molar-refractivity contribution >= 4 is 17.5 Å². The fraction of sp³-hybridized carbons (Fsp3) is 0.360. The maximum absolute atomic E-state index is 13.1. The van der Waals surface area contributed by atoms with E-state index < -0.39 is 0 Å². The lowest BCUT2D eigenvalue weighted by Crippen LogP contribution is -2.53. The number of carbonyl (C=O) groups is 2. The summed E-state index contributed by atoms with van der Waals surface area (Å²) in [6.07, 6.45) is 1.92. The number of piperazine rings is 1. The van der Waals surface area contributed by atoms with Crippen LogP contribution in [0.25, 0.3) is 0 Å². The number of nitrogens with zero attached hydrogens (tertiary/aromatic N) is 3. The molecule has 6 nitrogen and oxygen atoms in total. The predicted molar refractivity (Wildman–Crippen MR) is 122 cm³/mol. The monoisotopic (exact) mass is 418 g/mol. The van der Waals surface area contributed by atoms with Gasteiger partial charge in [-0.1, -0.05) is 41.5 Å². The van der Waals surface area contributed by atoms with Gasteiger partial charge in [-0.3, -0.25) is 19.9 Å². The van der Waals surface area contributed by atoms with Gasteiger partial charge in [-0.05, 0) is 50.1 Å². The minimum Gasteiger partial charge on any atom is -0.335 e. The largest absolute Gasteiger partial charge is 0.335 e. The number of anilines is 1. The van der Waals surface area contributed by atoms with E-state index in [0.717, 1.165) is 30.9 Å². The van der Waals surface area contributed by atoms with Crippen molar-refractivity contribution in [3.05, 3.63) is 76.5 Å². The van der Waals surface area contributed by atoms with Crippen molar-refractivity contribution in [1.29, 1.82) is 0 Å². The Morgan fingerprint density at radius 3 is 2.29 bits per heavy atom. The summed E-state index contributed by atoms with van der Waals surface area (Å²) < 4.78 is 0. The van der Waals surface area contributed by atoms with E-state index in [1.165, 1.54) is 21.7 Å². The third kappa shape index (κ3) is 4.80. The van der Waals surface area contributed by atoms with E-state index in [2.05, 4.69) is 42.4 Å². The zero-order valence-electron chi connectivity index (χ0n) is 18.5. The van der Waals surface area contributed by atoms with E-state index in [9.17, 15) is 9.59 Å². The Morgan fingerprint density at radius 1 is 0.935 bits per heavy atom. The average molecular weight is 419 g/mol. The molecular formula is C25H30N4O2. The summed E-state index contributed by atoms with van der Waals surface area (Å²) in [4.78, 5) is 29.7. The zero-order valence-corrected chi connectivity index (χ0v) is 18.5. The second-order valence-corrected chi connectivity index (χ2v) is 8.50. The molecule has 0 aromatic heterocycles. The first-order valence-electron chi connectivity index (χ1n) is 10.8. The van der Waals surface area contributed by atoms with Crippen molar-refractivity contribution in [2.24, 2.45) is 0 Å². The molecule has 2 heterocycles. The second kappa shape index (κ2) is 8.94. The molecule has 162 valence electrons. The van der Waals surface area contributed by atoms with Crippen LogP contribution in [0.5, 0.6) is 0 Å². The first-order chi connectivity index (χ1) is 14.9. The predicted octanol–water partition coefficient (Wildman–Crippen LogP) is 3.08. The summed E-state index contributed by atoms with van der Waals surface area (Å²) in [6, 6.07) is 14.3. The van der Waals surface area contributed by atoms with Crippen LogP contribution in [0.2, 0.25) is 0 Å². The molecule has 4 rings (SSSR count). The molecular weight excluding hydrogens is 388 g/mol. The van der Waals surface area contributed by atoms with Crippen LogP contribution in [0.3, 0.4) is 0 Å². The highest BCUT2D eigenvalue weighted by molar-refractivity contribution is 6.01. The smallest absolute Gasteiger partial charge is 0.271 e. The molecule has 1 N–H and O–H groups in total. The molecule has 2 aromatic rings. The van der Waals surface area contributed by atoms with Gasteiger partial charge in [0.1, 0.15) is 5.70 Å². The number of hydrazine groups is 1. The third-order valence-corrected chi connectivity index (χ3v) is 6.04. The fourth-order valence-corrected chi connectivity index (χ4v) is 4.09. The Hall–Kier alpha value is -3.12. The number of nitrogens with one attached hydrogen (secondary N) is 1. The van der Waals surface area contributed by atoms with Crippen LogP contribution in [0.15, 0.2) is 54.2 Å². The molecule has 0 saturated carbocycles. The van der Waals surface area contributed by atoms with Crippen molar-refractivity contribution in [2.45, 2.75) is 33.7 Å². The SMILES string of the molecule is Cc1ccc(N2NC(C(=O)N3CCN(Cc4ccc(C)cc4C)CC3)=CCC2=O)cc1. The van der Waals surface area contributed by atoms with Gasteiger partial charge < -0.3 is 4.90 Å². The maximum atomic E-state index is 13.1. The number of hydrogen-bond donors (Lipinski definition) is 1. The van der Waals surface area contributed by atoms with E-state index >= 15 is 0 Å². The lowest BCUT2D eigenvalue weighted by molar-refractivity contribution is -0.129. The summed E-state index contributed by atoms with van der Waals surface area (Å²) in [6.45, 7) is 10.2. The van der Waals surface area contributed by atoms with Crippen molar-refractivity contribution in [3.63, 3.8) is 0 Å². The van der Waals surface area contributed by atoms with Crippen molar-refractivity contribution in [2.75, 3.05) is 31.2 Å². The van der Waals surface area contributed by atoms with Crippen LogP contribution in [0.4, 0.5) is 5.69 Å². The third-order valence-electron chi connectivity index (χ3n) is 6.04. The standard InChI is InChI=1S/C25H30N4O2/c1-18-5-8-22(9-6-18)29-24(30)11-10-23(26-29)25(31)28-14-12-27(13-15-28)17-21-7-4-19(2)16-20(21)3/h4-10,16,26H,11-15,17H2,1-3H3. The first kappa shape index (κ1) is 21.1. The molecule has 0 unspecified atom stereocenters. The maximum Gasteiger partial charge on any atom is 0.271 e. The topological polar surface area (TPSA) is 55.9 Å². The van der Waals surface area contributed by atoms with Crippen LogP contribution in [0.1, 0.15) is 28.7 Å². The normalized spacial score (nSPS) is 17.4. The van der Waals surface area contributed by atoms with Gasteiger partial charge in [0.25, 0.3) is 5.91 Å². The molecule has 2 amide bonds. The van der Waals surface area contributed by atoms with Gasteiger partial charge in [0.05, 0.1) is 5.69 Å². The Labute approximate surface area is 184 Å². The molecule has 1 saturated heterocycles. The van der Waals surface area contributed by atoms with Crippen molar-refractivity contribution < 1.29 is 9.59 Å².